The average molecular weight is 332 g/mol. The number of ether oxygens (including phenoxy) is 1. The Morgan fingerprint density at radius 1 is 1.15 bits per heavy atom. The first-order valence-corrected chi connectivity index (χ1v) is 7.29. The molecule has 20 heavy (non-hydrogen) atoms. The Balaban J connectivity index is 1.89. The van der Waals surface area contributed by atoms with Crippen molar-refractivity contribution in [3.8, 4) is 11.6 Å². The lowest BCUT2D eigenvalue weighted by Crippen LogP contribution is -2.30. The van der Waals surface area contributed by atoms with Crippen LogP contribution in [0.15, 0.2) is 52.1 Å². The van der Waals surface area contributed by atoms with Crippen molar-refractivity contribution in [2.24, 2.45) is 4.99 Å². The highest BCUT2D eigenvalue weighted by Gasteiger charge is 2.14. The van der Waals surface area contributed by atoms with E-state index in [2.05, 4.69) is 31.2 Å². The van der Waals surface area contributed by atoms with Gasteiger partial charge in [-0.25, -0.2) is 4.98 Å². The Morgan fingerprint density at radius 3 is 2.75 bits per heavy atom. The minimum Gasteiger partial charge on any atom is -0.438 e. The van der Waals surface area contributed by atoms with Gasteiger partial charge in [-0.05, 0) is 42.8 Å². The van der Waals surface area contributed by atoms with Crippen molar-refractivity contribution in [2.75, 3.05) is 13.1 Å². The van der Waals surface area contributed by atoms with Gasteiger partial charge in [0.1, 0.15) is 11.6 Å². The second-order valence-electron chi connectivity index (χ2n) is 4.42. The molecule has 1 aromatic heterocycles. The van der Waals surface area contributed by atoms with Crippen LogP contribution < -0.4 is 10.1 Å². The van der Waals surface area contributed by atoms with E-state index in [4.69, 9.17) is 4.74 Å². The molecule has 1 aliphatic rings. The van der Waals surface area contributed by atoms with E-state index in [1.165, 1.54) is 0 Å². The summed E-state index contributed by atoms with van der Waals surface area (Å²) in [7, 11) is 0. The van der Waals surface area contributed by atoms with E-state index in [0.29, 0.717) is 5.88 Å². The van der Waals surface area contributed by atoms with Crippen molar-refractivity contribution < 1.29 is 4.74 Å². The number of pyridine rings is 1. The molecule has 3 rings (SSSR count). The van der Waals surface area contributed by atoms with E-state index in [1.54, 1.807) is 6.20 Å². The van der Waals surface area contributed by atoms with E-state index < -0.39 is 0 Å². The monoisotopic (exact) mass is 331 g/mol. The van der Waals surface area contributed by atoms with Gasteiger partial charge >= 0.3 is 0 Å². The molecule has 1 N–H and O–H groups in total. The molecule has 0 aliphatic carbocycles. The van der Waals surface area contributed by atoms with Gasteiger partial charge in [0.05, 0.1) is 5.56 Å². The van der Waals surface area contributed by atoms with Gasteiger partial charge < -0.3 is 10.1 Å². The van der Waals surface area contributed by atoms with Crippen LogP contribution >= 0.6 is 15.9 Å². The largest absolute Gasteiger partial charge is 0.438 e. The Kier molecular flexibility index (Phi) is 3.97. The molecular weight excluding hydrogens is 318 g/mol. The first-order chi connectivity index (χ1) is 9.83. The quantitative estimate of drug-likeness (QED) is 0.937. The number of rotatable bonds is 3. The van der Waals surface area contributed by atoms with Crippen LogP contribution in [0.25, 0.3) is 0 Å². The summed E-state index contributed by atoms with van der Waals surface area (Å²) in [6, 6.07) is 11.5. The highest BCUT2D eigenvalue weighted by molar-refractivity contribution is 9.10. The zero-order valence-corrected chi connectivity index (χ0v) is 12.4. The molecule has 0 fully saturated rings. The molecule has 0 atom stereocenters. The molecule has 0 saturated carbocycles. The second kappa shape index (κ2) is 6.05. The zero-order chi connectivity index (χ0) is 13.8. The third-order valence-corrected chi connectivity index (χ3v) is 3.48. The van der Waals surface area contributed by atoms with E-state index in [0.717, 1.165) is 41.1 Å². The summed E-state index contributed by atoms with van der Waals surface area (Å²) in [4.78, 5) is 8.81. The second-order valence-corrected chi connectivity index (χ2v) is 5.34. The average Bonchev–Trinajstić information content (AvgIpc) is 2.51. The highest BCUT2D eigenvalue weighted by atomic mass is 79.9. The smallest absolute Gasteiger partial charge is 0.230 e. The van der Waals surface area contributed by atoms with Crippen LogP contribution in [-0.2, 0) is 0 Å². The fourth-order valence-electron chi connectivity index (χ4n) is 1.98. The third-order valence-electron chi connectivity index (χ3n) is 2.95. The van der Waals surface area contributed by atoms with Crippen LogP contribution in [0.1, 0.15) is 12.0 Å². The molecule has 0 radical (unpaired) electrons. The zero-order valence-electron chi connectivity index (χ0n) is 10.8. The van der Waals surface area contributed by atoms with Crippen LogP contribution in [0.2, 0.25) is 0 Å². The fraction of sp³-hybridized carbons (Fsp3) is 0.200. The topological polar surface area (TPSA) is 46.5 Å². The van der Waals surface area contributed by atoms with Crippen molar-refractivity contribution >= 4 is 21.8 Å². The lowest BCUT2D eigenvalue weighted by molar-refractivity contribution is 0.461. The molecule has 2 aromatic rings. The van der Waals surface area contributed by atoms with Gasteiger partial charge in [0.2, 0.25) is 5.88 Å². The molecule has 0 unspecified atom stereocenters. The van der Waals surface area contributed by atoms with Crippen molar-refractivity contribution in [3.63, 3.8) is 0 Å². The number of hydrogen-bond donors (Lipinski definition) is 1. The van der Waals surface area contributed by atoms with Crippen molar-refractivity contribution in [3.05, 3.63) is 52.6 Å². The molecule has 102 valence electrons. The van der Waals surface area contributed by atoms with Gasteiger partial charge in [-0.3, -0.25) is 4.99 Å². The summed E-state index contributed by atoms with van der Waals surface area (Å²) in [5, 5.41) is 3.29. The maximum absolute atomic E-state index is 5.86. The molecular formula is C15H14BrN3O. The SMILES string of the molecule is Brc1ccc(Oc2ncccc2C2=NCCCN2)cc1. The van der Waals surface area contributed by atoms with E-state index in [9.17, 15) is 0 Å². The maximum atomic E-state index is 5.86. The number of nitrogens with zero attached hydrogens (tertiary/aromatic N) is 2. The van der Waals surface area contributed by atoms with E-state index in [1.807, 2.05) is 36.4 Å². The molecule has 0 spiro atoms. The van der Waals surface area contributed by atoms with Crippen molar-refractivity contribution in [2.45, 2.75) is 6.42 Å². The fourth-order valence-corrected chi connectivity index (χ4v) is 2.24. The number of hydrogen-bond acceptors (Lipinski definition) is 4. The van der Waals surface area contributed by atoms with Crippen LogP contribution in [0.5, 0.6) is 11.6 Å². The Labute approximate surface area is 126 Å². The first-order valence-electron chi connectivity index (χ1n) is 6.50. The Hall–Kier alpha value is -1.88. The van der Waals surface area contributed by atoms with Crippen LogP contribution in [0.4, 0.5) is 0 Å². The summed E-state index contributed by atoms with van der Waals surface area (Å²) in [6.45, 7) is 1.78. The standard InChI is InChI=1S/C15H14BrN3O/c16-11-4-6-12(7-5-11)20-15-13(3-1-8-19-15)14-17-9-2-10-18-14/h1,3-8H,2,9-10H2,(H,17,18). The molecule has 5 heteroatoms. The predicted molar refractivity (Wildman–Crippen MR) is 82.5 cm³/mol. The third kappa shape index (κ3) is 2.99. The maximum Gasteiger partial charge on any atom is 0.230 e. The van der Waals surface area contributed by atoms with Gasteiger partial charge in [-0.15, -0.1) is 0 Å². The lowest BCUT2D eigenvalue weighted by Gasteiger charge is -2.16. The number of aliphatic imine (C=N–C) groups is 1. The van der Waals surface area contributed by atoms with E-state index in [-0.39, 0.29) is 0 Å². The molecule has 1 aliphatic heterocycles. The molecule has 0 bridgehead atoms. The van der Waals surface area contributed by atoms with Crippen molar-refractivity contribution in [1.29, 1.82) is 0 Å². The molecule has 0 amide bonds. The number of nitrogens with one attached hydrogen (secondary N) is 1. The minimum absolute atomic E-state index is 0.572. The molecule has 1 aromatic carbocycles. The molecule has 2 heterocycles. The summed E-state index contributed by atoms with van der Waals surface area (Å²) in [5.74, 6) is 2.18. The first kappa shape index (κ1) is 13.1. The van der Waals surface area contributed by atoms with Gasteiger partial charge in [0.25, 0.3) is 0 Å². The predicted octanol–water partition coefficient (Wildman–Crippen LogP) is 3.38. The van der Waals surface area contributed by atoms with Crippen molar-refractivity contribution in [1.82, 2.24) is 10.3 Å². The van der Waals surface area contributed by atoms with Gasteiger partial charge in [-0.1, -0.05) is 15.9 Å². The normalized spacial score (nSPS) is 14.3. The van der Waals surface area contributed by atoms with Crippen LogP contribution in [-0.4, -0.2) is 23.9 Å². The summed E-state index contributed by atoms with van der Waals surface area (Å²) in [6.07, 6.45) is 2.79. The van der Waals surface area contributed by atoms with Gasteiger partial charge in [0, 0.05) is 23.8 Å². The highest BCUT2D eigenvalue weighted by Crippen LogP contribution is 2.24. The lowest BCUT2D eigenvalue weighted by atomic mass is 10.2. The number of amidine groups is 1. The number of halogens is 1. The summed E-state index contributed by atoms with van der Waals surface area (Å²) < 4.78 is 6.88. The number of aromatic nitrogens is 1. The van der Waals surface area contributed by atoms with Gasteiger partial charge in [0.15, 0.2) is 0 Å². The summed E-state index contributed by atoms with van der Waals surface area (Å²) in [5.41, 5.74) is 0.898. The number of benzene rings is 1. The van der Waals surface area contributed by atoms with Gasteiger partial charge in [-0.2, -0.15) is 0 Å². The van der Waals surface area contributed by atoms with Crippen LogP contribution in [0, 0.1) is 0 Å². The van der Waals surface area contributed by atoms with Crippen LogP contribution in [0.3, 0.4) is 0 Å². The minimum atomic E-state index is 0.572. The molecule has 0 saturated heterocycles. The molecule has 4 nitrogen and oxygen atoms in total. The summed E-state index contributed by atoms with van der Waals surface area (Å²) >= 11 is 3.41. The Morgan fingerprint density at radius 2 is 2.00 bits per heavy atom. The van der Waals surface area contributed by atoms with E-state index >= 15 is 0 Å². The Bertz CT molecular complexity index is 625.